The van der Waals surface area contributed by atoms with E-state index >= 15 is 0 Å². The maximum Gasteiger partial charge on any atom is 0.190 e. The van der Waals surface area contributed by atoms with E-state index in [0.29, 0.717) is 0 Å². The molecule has 2 rings (SSSR count). The Balaban J connectivity index is 2.43. The number of allylic oxidation sites excluding steroid dienone is 6. The van der Waals surface area contributed by atoms with Gasteiger partial charge in [0.2, 0.25) is 0 Å². The molecule has 2 heteroatoms. The van der Waals surface area contributed by atoms with Gasteiger partial charge in [0.25, 0.3) is 0 Å². The molecule has 2 nitrogen and oxygen atoms in total. The normalized spacial score (nSPS) is 12.8. The van der Waals surface area contributed by atoms with Gasteiger partial charge in [0.15, 0.2) is 5.43 Å². The van der Waals surface area contributed by atoms with Crippen LogP contribution >= 0.6 is 0 Å². The fourth-order valence-electron chi connectivity index (χ4n) is 2.31. The van der Waals surface area contributed by atoms with Crippen molar-refractivity contribution in [2.45, 2.75) is 27.2 Å². The largest absolute Gasteiger partial charge is 0.355 e. The third-order valence-electron chi connectivity index (χ3n) is 3.46. The highest BCUT2D eigenvalue weighted by Crippen LogP contribution is 2.19. The summed E-state index contributed by atoms with van der Waals surface area (Å²) in [6.45, 7) is 6.02. The number of aryl methyl sites for hydroxylation is 1. The molecule has 0 spiro atoms. The van der Waals surface area contributed by atoms with Crippen molar-refractivity contribution in [3.05, 3.63) is 76.1 Å². The molecule has 0 fully saturated rings. The van der Waals surface area contributed by atoms with Crippen molar-refractivity contribution in [3.63, 3.8) is 0 Å². The molecule has 108 valence electrons. The SMILES string of the molecule is C/C=C\C=CC/C(=C\C)c1cc(=O)c2ccc(C)cc2[nH]1. The number of hydrogen-bond acceptors (Lipinski definition) is 1. The van der Waals surface area contributed by atoms with Gasteiger partial charge < -0.3 is 4.98 Å². The highest BCUT2D eigenvalue weighted by atomic mass is 16.1. The standard InChI is InChI=1S/C19H21NO/c1-4-6-7-8-9-15(5-2)17-13-19(21)16-11-10-14(3)12-18(16)20-17/h4-8,10-13H,9H2,1-3H3,(H,20,21)/b6-4-,8-7?,15-5+. The van der Waals surface area contributed by atoms with E-state index in [1.54, 1.807) is 6.07 Å². The highest BCUT2D eigenvalue weighted by Gasteiger charge is 2.05. The van der Waals surface area contributed by atoms with Crippen LogP contribution in [0.2, 0.25) is 0 Å². The predicted octanol–water partition coefficient (Wildman–Crippen LogP) is 4.76. The molecule has 0 aliphatic rings. The van der Waals surface area contributed by atoms with Gasteiger partial charge in [-0.2, -0.15) is 0 Å². The van der Waals surface area contributed by atoms with Gasteiger partial charge in [0, 0.05) is 22.7 Å². The summed E-state index contributed by atoms with van der Waals surface area (Å²) >= 11 is 0. The minimum absolute atomic E-state index is 0.0653. The van der Waals surface area contributed by atoms with Crippen molar-refractivity contribution in [2.75, 3.05) is 0 Å². The summed E-state index contributed by atoms with van der Waals surface area (Å²) in [7, 11) is 0. The fraction of sp³-hybridized carbons (Fsp3) is 0.211. The van der Waals surface area contributed by atoms with Crippen molar-refractivity contribution >= 4 is 16.5 Å². The molecule has 1 aromatic carbocycles. The molecule has 0 aliphatic heterocycles. The van der Waals surface area contributed by atoms with Crippen LogP contribution in [0.5, 0.6) is 0 Å². The Labute approximate surface area is 125 Å². The Morgan fingerprint density at radius 1 is 1.19 bits per heavy atom. The average molecular weight is 279 g/mol. The number of aromatic nitrogens is 1. The summed E-state index contributed by atoms with van der Waals surface area (Å²) in [5, 5.41) is 0.740. The lowest BCUT2D eigenvalue weighted by molar-refractivity contribution is 1.26. The molecule has 1 aromatic heterocycles. The molecule has 1 heterocycles. The van der Waals surface area contributed by atoms with Gasteiger partial charge in [-0.3, -0.25) is 4.79 Å². The van der Waals surface area contributed by atoms with Gasteiger partial charge in [-0.05, 0) is 50.5 Å². The van der Waals surface area contributed by atoms with Crippen LogP contribution in [0.3, 0.4) is 0 Å². The summed E-state index contributed by atoms with van der Waals surface area (Å²) < 4.78 is 0. The summed E-state index contributed by atoms with van der Waals surface area (Å²) in [6, 6.07) is 7.56. The molecular weight excluding hydrogens is 258 g/mol. The Bertz CT molecular complexity index is 776. The van der Waals surface area contributed by atoms with Crippen LogP contribution in [0.4, 0.5) is 0 Å². The van der Waals surface area contributed by atoms with Crippen molar-refractivity contribution in [1.29, 1.82) is 0 Å². The molecule has 0 aliphatic carbocycles. The molecule has 0 radical (unpaired) electrons. The van der Waals surface area contributed by atoms with Gasteiger partial charge in [0.05, 0.1) is 0 Å². The summed E-state index contributed by atoms with van der Waals surface area (Å²) in [4.78, 5) is 15.6. The number of hydrogen-bond donors (Lipinski definition) is 1. The van der Waals surface area contributed by atoms with Crippen molar-refractivity contribution < 1.29 is 0 Å². The number of pyridine rings is 1. The van der Waals surface area contributed by atoms with Crippen LogP contribution in [0, 0.1) is 6.92 Å². The highest BCUT2D eigenvalue weighted by molar-refractivity contribution is 5.81. The Morgan fingerprint density at radius 2 is 2.00 bits per heavy atom. The number of H-pyrrole nitrogens is 1. The average Bonchev–Trinajstić information content (AvgIpc) is 2.46. The van der Waals surface area contributed by atoms with Crippen molar-refractivity contribution in [3.8, 4) is 0 Å². The number of benzene rings is 1. The lowest BCUT2D eigenvalue weighted by atomic mass is 10.1. The van der Waals surface area contributed by atoms with Gasteiger partial charge in [-0.25, -0.2) is 0 Å². The smallest absolute Gasteiger partial charge is 0.190 e. The number of nitrogens with one attached hydrogen (secondary N) is 1. The van der Waals surface area contributed by atoms with E-state index in [4.69, 9.17) is 0 Å². The topological polar surface area (TPSA) is 32.9 Å². The van der Waals surface area contributed by atoms with E-state index in [0.717, 1.165) is 34.2 Å². The minimum Gasteiger partial charge on any atom is -0.355 e. The first kappa shape index (κ1) is 15.0. The Morgan fingerprint density at radius 3 is 2.71 bits per heavy atom. The van der Waals surface area contributed by atoms with E-state index in [9.17, 15) is 4.79 Å². The lowest BCUT2D eigenvalue weighted by Crippen LogP contribution is -2.05. The van der Waals surface area contributed by atoms with E-state index in [2.05, 4.69) is 11.1 Å². The van der Waals surface area contributed by atoms with Crippen molar-refractivity contribution in [1.82, 2.24) is 4.98 Å². The first-order chi connectivity index (χ1) is 10.2. The van der Waals surface area contributed by atoms with Crippen LogP contribution in [0.25, 0.3) is 16.5 Å². The second-order valence-corrected chi connectivity index (χ2v) is 5.07. The van der Waals surface area contributed by atoms with Crippen LogP contribution in [-0.4, -0.2) is 4.98 Å². The van der Waals surface area contributed by atoms with Gasteiger partial charge in [-0.1, -0.05) is 36.4 Å². The number of aromatic amines is 1. The molecule has 1 N–H and O–H groups in total. The predicted molar refractivity (Wildman–Crippen MR) is 91.5 cm³/mol. The Hall–Kier alpha value is -2.35. The molecule has 2 aromatic rings. The van der Waals surface area contributed by atoms with E-state index < -0.39 is 0 Å². The summed E-state index contributed by atoms with van der Waals surface area (Å²) in [5.41, 5.74) is 4.12. The second kappa shape index (κ2) is 6.89. The van der Waals surface area contributed by atoms with E-state index in [-0.39, 0.29) is 5.43 Å². The monoisotopic (exact) mass is 279 g/mol. The molecule has 0 atom stereocenters. The van der Waals surface area contributed by atoms with Gasteiger partial charge >= 0.3 is 0 Å². The zero-order chi connectivity index (χ0) is 15.2. The first-order valence-corrected chi connectivity index (χ1v) is 7.22. The molecule has 0 bridgehead atoms. The molecular formula is C19H21NO. The van der Waals surface area contributed by atoms with Crippen LogP contribution < -0.4 is 5.43 Å². The molecule has 0 amide bonds. The number of fused-ring (bicyclic) bond motifs is 1. The van der Waals surface area contributed by atoms with Gasteiger partial charge in [0.1, 0.15) is 0 Å². The maximum atomic E-state index is 12.2. The fourth-order valence-corrected chi connectivity index (χ4v) is 2.31. The van der Waals surface area contributed by atoms with Crippen LogP contribution in [0.15, 0.2) is 59.4 Å². The molecule has 0 unspecified atom stereocenters. The number of rotatable bonds is 4. The third kappa shape index (κ3) is 3.60. The quantitative estimate of drug-likeness (QED) is 0.804. The summed E-state index contributed by atoms with van der Waals surface area (Å²) in [6.07, 6.45) is 11.0. The third-order valence-corrected chi connectivity index (χ3v) is 3.46. The van der Waals surface area contributed by atoms with E-state index in [1.807, 2.05) is 63.3 Å². The molecule has 0 saturated heterocycles. The maximum absolute atomic E-state index is 12.2. The lowest BCUT2D eigenvalue weighted by Gasteiger charge is -2.07. The van der Waals surface area contributed by atoms with Crippen molar-refractivity contribution in [2.24, 2.45) is 0 Å². The summed E-state index contributed by atoms with van der Waals surface area (Å²) in [5.74, 6) is 0. The zero-order valence-corrected chi connectivity index (χ0v) is 12.8. The first-order valence-electron chi connectivity index (χ1n) is 7.22. The zero-order valence-electron chi connectivity index (χ0n) is 12.8. The second-order valence-electron chi connectivity index (χ2n) is 5.07. The molecule has 0 saturated carbocycles. The van der Waals surface area contributed by atoms with Crippen LogP contribution in [0.1, 0.15) is 31.5 Å². The van der Waals surface area contributed by atoms with Crippen LogP contribution in [-0.2, 0) is 0 Å². The minimum atomic E-state index is 0.0653. The Kier molecular flexibility index (Phi) is 4.94. The van der Waals surface area contributed by atoms with E-state index in [1.165, 1.54) is 0 Å². The molecule has 21 heavy (non-hydrogen) atoms. The van der Waals surface area contributed by atoms with Gasteiger partial charge in [-0.15, -0.1) is 0 Å².